The van der Waals surface area contributed by atoms with E-state index in [1.165, 1.54) is 13.2 Å². The average Bonchev–Trinajstić information content (AvgIpc) is 2.60. The number of aliphatic hydroxyl groups is 3. The maximum atomic E-state index is 10.1. The first-order valence-electron chi connectivity index (χ1n) is 6.07. The van der Waals surface area contributed by atoms with Crippen LogP contribution < -0.4 is 4.74 Å². The highest BCUT2D eigenvalue weighted by Gasteiger charge is 2.46. The topological polar surface area (TPSA) is 93.4 Å². The Kier molecular flexibility index (Phi) is 3.96. The van der Waals surface area contributed by atoms with Crippen LogP contribution in [0.5, 0.6) is 11.5 Å². The molecule has 4 N–H and O–H groups in total. The van der Waals surface area contributed by atoms with Crippen LogP contribution in [0.2, 0.25) is 0 Å². The van der Waals surface area contributed by atoms with E-state index in [1.54, 1.807) is 24.1 Å². The SMILES string of the molecule is COc1ccc([C@@H]2[C@@H](O)[C@H](O)[C@@H](CO)N2C)cc1O. The number of aromatic hydroxyl groups is 1. The molecule has 0 amide bonds. The van der Waals surface area contributed by atoms with Crippen LogP contribution >= 0.6 is 0 Å². The van der Waals surface area contributed by atoms with E-state index in [0.29, 0.717) is 11.3 Å². The molecule has 4 atom stereocenters. The van der Waals surface area contributed by atoms with Gasteiger partial charge in [-0.25, -0.2) is 0 Å². The Morgan fingerprint density at radius 2 is 1.95 bits per heavy atom. The molecule has 2 rings (SSSR count). The van der Waals surface area contributed by atoms with Gasteiger partial charge in [0.05, 0.1) is 31.9 Å². The summed E-state index contributed by atoms with van der Waals surface area (Å²) in [5.41, 5.74) is 0.656. The van der Waals surface area contributed by atoms with E-state index in [0.717, 1.165) is 0 Å². The highest BCUT2D eigenvalue weighted by Crippen LogP contribution is 2.38. The fourth-order valence-electron chi connectivity index (χ4n) is 2.66. The van der Waals surface area contributed by atoms with Crippen molar-refractivity contribution in [3.05, 3.63) is 23.8 Å². The van der Waals surface area contributed by atoms with Gasteiger partial charge in [-0.1, -0.05) is 6.07 Å². The molecule has 0 aliphatic carbocycles. The largest absolute Gasteiger partial charge is 0.504 e. The minimum atomic E-state index is -1.02. The van der Waals surface area contributed by atoms with E-state index < -0.39 is 24.3 Å². The molecule has 1 aromatic rings. The molecule has 19 heavy (non-hydrogen) atoms. The Morgan fingerprint density at radius 3 is 2.42 bits per heavy atom. The summed E-state index contributed by atoms with van der Waals surface area (Å²) in [4.78, 5) is 1.70. The molecule has 0 spiro atoms. The van der Waals surface area contributed by atoms with Crippen molar-refractivity contribution in [1.29, 1.82) is 0 Å². The number of likely N-dealkylation sites (tertiary alicyclic amines) is 1. The number of rotatable bonds is 3. The van der Waals surface area contributed by atoms with Crippen molar-refractivity contribution >= 4 is 0 Å². The summed E-state index contributed by atoms with van der Waals surface area (Å²) in [6.07, 6.45) is -2.04. The molecule has 6 heteroatoms. The van der Waals surface area contributed by atoms with Gasteiger partial charge < -0.3 is 25.2 Å². The Morgan fingerprint density at radius 1 is 1.26 bits per heavy atom. The molecule has 1 aromatic carbocycles. The first-order valence-corrected chi connectivity index (χ1v) is 6.07. The highest BCUT2D eigenvalue weighted by atomic mass is 16.5. The van der Waals surface area contributed by atoms with Gasteiger partial charge in [-0.2, -0.15) is 0 Å². The third kappa shape index (κ3) is 2.28. The lowest BCUT2D eigenvalue weighted by molar-refractivity contribution is 0.0184. The monoisotopic (exact) mass is 269 g/mol. The second kappa shape index (κ2) is 5.34. The van der Waals surface area contributed by atoms with Crippen LogP contribution in [0.4, 0.5) is 0 Å². The Balaban J connectivity index is 2.33. The third-order valence-corrected chi connectivity index (χ3v) is 3.76. The predicted molar refractivity (Wildman–Crippen MR) is 68.1 cm³/mol. The Bertz CT molecular complexity index is 453. The quantitative estimate of drug-likeness (QED) is 0.589. The van der Waals surface area contributed by atoms with E-state index in [4.69, 9.17) is 4.74 Å². The van der Waals surface area contributed by atoms with Gasteiger partial charge in [-0.05, 0) is 24.7 Å². The lowest BCUT2D eigenvalue weighted by Gasteiger charge is -2.25. The fourth-order valence-corrected chi connectivity index (χ4v) is 2.66. The molecule has 1 aliphatic heterocycles. The Labute approximate surface area is 111 Å². The molecule has 0 saturated carbocycles. The number of phenols is 1. The zero-order valence-electron chi connectivity index (χ0n) is 10.9. The minimum Gasteiger partial charge on any atom is -0.504 e. The van der Waals surface area contributed by atoms with Gasteiger partial charge >= 0.3 is 0 Å². The van der Waals surface area contributed by atoms with Crippen molar-refractivity contribution in [2.24, 2.45) is 0 Å². The molecule has 106 valence electrons. The standard InChI is InChI=1S/C13H19NO5/c1-14-8(6-15)12(17)13(18)11(14)7-3-4-10(19-2)9(16)5-7/h3-5,8,11-13,15-18H,6H2,1-2H3/t8-,11-,12-,13-/m1/s1. The summed E-state index contributed by atoms with van der Waals surface area (Å²) in [5.74, 6) is 0.320. The second-order valence-corrected chi connectivity index (χ2v) is 4.77. The van der Waals surface area contributed by atoms with Gasteiger partial charge in [0, 0.05) is 0 Å². The number of hydrogen-bond donors (Lipinski definition) is 4. The Hall–Kier alpha value is -1.34. The first-order chi connectivity index (χ1) is 9.01. The second-order valence-electron chi connectivity index (χ2n) is 4.77. The van der Waals surface area contributed by atoms with Crippen LogP contribution in [-0.4, -0.2) is 64.3 Å². The number of hydrogen-bond acceptors (Lipinski definition) is 6. The molecule has 0 radical (unpaired) electrons. The summed E-state index contributed by atoms with van der Waals surface area (Å²) in [7, 11) is 3.17. The zero-order chi connectivity index (χ0) is 14.2. The number of ether oxygens (including phenoxy) is 1. The van der Waals surface area contributed by atoms with Crippen LogP contribution in [0, 0.1) is 0 Å². The fraction of sp³-hybridized carbons (Fsp3) is 0.538. The molecule has 0 aromatic heterocycles. The van der Waals surface area contributed by atoms with E-state index in [2.05, 4.69) is 0 Å². The number of aliphatic hydroxyl groups excluding tert-OH is 3. The number of methoxy groups -OCH3 is 1. The van der Waals surface area contributed by atoms with Crippen molar-refractivity contribution in [3.8, 4) is 11.5 Å². The molecule has 1 heterocycles. The minimum absolute atomic E-state index is 0.0254. The van der Waals surface area contributed by atoms with Gasteiger partial charge in [0.15, 0.2) is 11.5 Å². The normalized spacial score (nSPS) is 31.6. The van der Waals surface area contributed by atoms with Crippen molar-refractivity contribution in [2.75, 3.05) is 20.8 Å². The summed E-state index contributed by atoms with van der Waals surface area (Å²) in [6.45, 7) is -0.243. The number of benzene rings is 1. The molecule has 0 bridgehead atoms. The van der Waals surface area contributed by atoms with Crippen molar-refractivity contribution in [1.82, 2.24) is 4.90 Å². The van der Waals surface area contributed by atoms with Gasteiger partial charge in [-0.3, -0.25) is 4.90 Å². The summed E-state index contributed by atoms with van der Waals surface area (Å²) < 4.78 is 4.96. The zero-order valence-corrected chi connectivity index (χ0v) is 10.9. The van der Waals surface area contributed by atoms with Crippen molar-refractivity contribution in [2.45, 2.75) is 24.3 Å². The van der Waals surface area contributed by atoms with Crippen LogP contribution in [0.15, 0.2) is 18.2 Å². The van der Waals surface area contributed by atoms with Gasteiger partial charge in [0.25, 0.3) is 0 Å². The molecule has 0 unspecified atom stereocenters. The summed E-state index contributed by atoms with van der Waals surface area (Å²) >= 11 is 0. The van der Waals surface area contributed by atoms with Crippen molar-refractivity contribution < 1.29 is 25.2 Å². The van der Waals surface area contributed by atoms with Crippen LogP contribution in [0.3, 0.4) is 0 Å². The van der Waals surface area contributed by atoms with Gasteiger partial charge in [0.2, 0.25) is 0 Å². The van der Waals surface area contributed by atoms with Crippen LogP contribution in [0.25, 0.3) is 0 Å². The lowest BCUT2D eigenvalue weighted by Crippen LogP contribution is -2.37. The van der Waals surface area contributed by atoms with Gasteiger partial charge in [-0.15, -0.1) is 0 Å². The molecule has 1 saturated heterocycles. The maximum Gasteiger partial charge on any atom is 0.160 e. The van der Waals surface area contributed by atoms with E-state index in [1.807, 2.05) is 0 Å². The lowest BCUT2D eigenvalue weighted by atomic mass is 10.0. The smallest absolute Gasteiger partial charge is 0.160 e. The van der Waals surface area contributed by atoms with E-state index in [9.17, 15) is 20.4 Å². The van der Waals surface area contributed by atoms with E-state index >= 15 is 0 Å². The molecular formula is C13H19NO5. The third-order valence-electron chi connectivity index (χ3n) is 3.76. The van der Waals surface area contributed by atoms with E-state index in [-0.39, 0.29) is 12.4 Å². The summed E-state index contributed by atoms with van der Waals surface area (Å²) in [5, 5.41) is 39.0. The van der Waals surface area contributed by atoms with Crippen LogP contribution in [0.1, 0.15) is 11.6 Å². The number of phenolic OH excluding ortho intramolecular Hbond substituents is 1. The molecule has 1 fully saturated rings. The molecule has 1 aliphatic rings. The maximum absolute atomic E-state index is 10.1. The molecular weight excluding hydrogens is 250 g/mol. The van der Waals surface area contributed by atoms with Gasteiger partial charge in [0.1, 0.15) is 6.10 Å². The summed E-state index contributed by atoms with van der Waals surface area (Å²) in [6, 6.07) is 3.81. The average molecular weight is 269 g/mol. The molecule has 6 nitrogen and oxygen atoms in total. The first kappa shape index (κ1) is 14.1. The highest BCUT2D eigenvalue weighted by molar-refractivity contribution is 5.43. The van der Waals surface area contributed by atoms with Crippen LogP contribution in [-0.2, 0) is 0 Å². The number of likely N-dealkylation sites (N-methyl/N-ethyl adjacent to an activating group) is 1. The predicted octanol–water partition coefficient (Wildman–Crippen LogP) is -0.530. The number of nitrogens with zero attached hydrogens (tertiary/aromatic N) is 1. The van der Waals surface area contributed by atoms with Crippen molar-refractivity contribution in [3.63, 3.8) is 0 Å².